The summed E-state index contributed by atoms with van der Waals surface area (Å²) in [7, 11) is 1.33. The number of aromatic hydroxyl groups is 1. The average Bonchev–Trinajstić information content (AvgIpc) is 2.05. The van der Waals surface area contributed by atoms with Gasteiger partial charge in [-0.1, -0.05) is 0 Å². The molecule has 0 spiro atoms. The zero-order valence-corrected chi connectivity index (χ0v) is 5.81. The fraction of sp³-hybridized carbons (Fsp3) is 0.167. The van der Waals surface area contributed by atoms with Crippen molar-refractivity contribution in [2.24, 2.45) is 0 Å². The summed E-state index contributed by atoms with van der Waals surface area (Å²) in [5, 5.41) is 8.92. The third-order valence-electron chi connectivity index (χ3n) is 1.06. The normalized spacial score (nSPS) is 9.18. The van der Waals surface area contributed by atoms with E-state index in [0.717, 1.165) is 6.20 Å². The zero-order chi connectivity index (χ0) is 8.27. The molecule has 0 bridgehead atoms. The lowest BCUT2D eigenvalue weighted by molar-refractivity contribution is 0.111. The molecule has 1 aromatic heterocycles. The van der Waals surface area contributed by atoms with Crippen LogP contribution in [0.2, 0.25) is 0 Å². The molecule has 1 rings (SSSR count). The van der Waals surface area contributed by atoms with Crippen LogP contribution in [-0.2, 0) is 0 Å². The van der Waals surface area contributed by atoms with Crippen LogP contribution in [0.3, 0.4) is 0 Å². The van der Waals surface area contributed by atoms with Crippen molar-refractivity contribution in [3.05, 3.63) is 11.9 Å². The second-order valence-corrected chi connectivity index (χ2v) is 1.75. The van der Waals surface area contributed by atoms with Crippen molar-refractivity contribution in [2.45, 2.75) is 0 Å². The Labute approximate surface area is 62.7 Å². The van der Waals surface area contributed by atoms with E-state index in [9.17, 15) is 4.79 Å². The summed E-state index contributed by atoms with van der Waals surface area (Å²) in [6.07, 6.45) is 1.68. The van der Waals surface area contributed by atoms with Gasteiger partial charge in [0.15, 0.2) is 6.29 Å². The predicted octanol–water partition coefficient (Wildman–Crippen LogP) is 0.00330. The molecule has 1 N–H and O–H groups in total. The highest BCUT2D eigenvalue weighted by molar-refractivity contribution is 5.71. The number of aldehydes is 1. The highest BCUT2D eigenvalue weighted by Crippen LogP contribution is 2.17. The molecule has 0 aliphatic rings. The number of carbonyl (C=O) groups is 1. The molecule has 58 valence electrons. The molecule has 0 atom stereocenters. The van der Waals surface area contributed by atoms with Crippen molar-refractivity contribution < 1.29 is 14.6 Å². The molecule has 11 heavy (non-hydrogen) atoms. The highest BCUT2D eigenvalue weighted by Gasteiger charge is 2.04. The molecular formula is C6H6N2O3. The second-order valence-electron chi connectivity index (χ2n) is 1.75. The lowest BCUT2D eigenvalue weighted by Gasteiger charge is -1.99. The third kappa shape index (κ3) is 1.43. The van der Waals surface area contributed by atoms with Gasteiger partial charge in [0.2, 0.25) is 0 Å². The molecule has 0 saturated heterocycles. The fourth-order valence-corrected chi connectivity index (χ4v) is 0.572. The van der Waals surface area contributed by atoms with Crippen molar-refractivity contribution in [3.8, 4) is 11.8 Å². The Morgan fingerprint density at radius 2 is 2.45 bits per heavy atom. The van der Waals surface area contributed by atoms with E-state index >= 15 is 0 Å². The van der Waals surface area contributed by atoms with Crippen LogP contribution in [0.5, 0.6) is 11.8 Å². The van der Waals surface area contributed by atoms with Crippen molar-refractivity contribution in [2.75, 3.05) is 7.11 Å². The number of hydrogen-bond donors (Lipinski definition) is 1. The van der Waals surface area contributed by atoms with Gasteiger partial charge in [0.25, 0.3) is 11.8 Å². The van der Waals surface area contributed by atoms with Crippen molar-refractivity contribution >= 4 is 6.29 Å². The van der Waals surface area contributed by atoms with Crippen molar-refractivity contribution in [1.29, 1.82) is 0 Å². The van der Waals surface area contributed by atoms with Crippen LogP contribution in [-0.4, -0.2) is 28.5 Å². The van der Waals surface area contributed by atoms with Crippen LogP contribution >= 0.6 is 0 Å². The minimum Gasteiger partial charge on any atom is -0.489 e. The summed E-state index contributed by atoms with van der Waals surface area (Å²) in [5.41, 5.74) is 0.125. The highest BCUT2D eigenvalue weighted by atomic mass is 16.5. The summed E-state index contributed by atoms with van der Waals surface area (Å²) >= 11 is 0. The monoisotopic (exact) mass is 154 g/mol. The van der Waals surface area contributed by atoms with Gasteiger partial charge in [-0.15, -0.1) is 0 Å². The molecule has 0 unspecified atom stereocenters. The van der Waals surface area contributed by atoms with Crippen LogP contribution in [0.4, 0.5) is 0 Å². The summed E-state index contributed by atoms with van der Waals surface area (Å²) in [4.78, 5) is 17.2. The Morgan fingerprint density at radius 1 is 1.73 bits per heavy atom. The Bertz CT molecular complexity index is 275. The van der Waals surface area contributed by atoms with Crippen molar-refractivity contribution in [1.82, 2.24) is 9.97 Å². The largest absolute Gasteiger partial charge is 0.489 e. The molecule has 0 aliphatic heterocycles. The van der Waals surface area contributed by atoms with E-state index in [1.54, 1.807) is 0 Å². The first-order chi connectivity index (χ1) is 5.27. The van der Waals surface area contributed by atoms with Crippen LogP contribution in [0.15, 0.2) is 6.20 Å². The first-order valence-electron chi connectivity index (χ1n) is 2.83. The standard InChI is InChI=1S/C6H6N2O3/c1-11-6-5(10)7-2-4(3-9)8-6/h2-3H,1H3,(H,7,10). The molecule has 1 heterocycles. The summed E-state index contributed by atoms with van der Waals surface area (Å²) in [6.45, 7) is 0. The van der Waals surface area contributed by atoms with E-state index in [-0.39, 0.29) is 17.5 Å². The smallest absolute Gasteiger partial charge is 0.278 e. The third-order valence-corrected chi connectivity index (χ3v) is 1.06. The number of aromatic nitrogens is 2. The molecular weight excluding hydrogens is 148 g/mol. The average molecular weight is 154 g/mol. The fourth-order valence-electron chi connectivity index (χ4n) is 0.572. The molecule has 0 amide bonds. The maximum absolute atomic E-state index is 10.1. The topological polar surface area (TPSA) is 72.3 Å². The van der Waals surface area contributed by atoms with Crippen LogP contribution in [0, 0.1) is 0 Å². The maximum Gasteiger partial charge on any atom is 0.278 e. The molecule has 1 aromatic rings. The predicted molar refractivity (Wildman–Crippen MR) is 35.6 cm³/mol. The van der Waals surface area contributed by atoms with Gasteiger partial charge in [0, 0.05) is 0 Å². The molecule has 0 aliphatic carbocycles. The molecule has 0 saturated carbocycles. The van der Waals surface area contributed by atoms with E-state index in [2.05, 4.69) is 14.7 Å². The number of ether oxygens (including phenoxy) is 1. The number of carbonyl (C=O) groups excluding carboxylic acids is 1. The van der Waals surface area contributed by atoms with E-state index in [0.29, 0.717) is 6.29 Å². The maximum atomic E-state index is 10.1. The van der Waals surface area contributed by atoms with Gasteiger partial charge in [-0.05, 0) is 0 Å². The quantitative estimate of drug-likeness (QED) is 0.607. The number of rotatable bonds is 2. The molecule has 0 fully saturated rings. The Kier molecular flexibility index (Phi) is 2.00. The minimum atomic E-state index is -0.321. The van der Waals surface area contributed by atoms with Crippen LogP contribution < -0.4 is 4.74 Å². The minimum absolute atomic E-state index is 0.0467. The lowest BCUT2D eigenvalue weighted by atomic mass is 10.5. The number of methoxy groups -OCH3 is 1. The molecule has 0 aromatic carbocycles. The van der Waals surface area contributed by atoms with Crippen LogP contribution in [0.25, 0.3) is 0 Å². The van der Waals surface area contributed by atoms with Gasteiger partial charge in [0.1, 0.15) is 5.69 Å². The molecule has 5 heteroatoms. The molecule has 0 radical (unpaired) electrons. The van der Waals surface area contributed by atoms with Gasteiger partial charge < -0.3 is 9.84 Å². The second kappa shape index (κ2) is 2.96. The SMILES string of the molecule is COc1nc(C=O)cnc1O. The Hall–Kier alpha value is -1.65. The first-order valence-corrected chi connectivity index (χ1v) is 2.83. The van der Waals surface area contributed by atoms with E-state index in [1.807, 2.05) is 0 Å². The van der Waals surface area contributed by atoms with Gasteiger partial charge in [0.05, 0.1) is 13.3 Å². The Balaban J connectivity index is 3.12. The Morgan fingerprint density at radius 3 is 3.00 bits per heavy atom. The van der Waals surface area contributed by atoms with E-state index < -0.39 is 0 Å². The van der Waals surface area contributed by atoms with Gasteiger partial charge in [-0.25, -0.2) is 9.97 Å². The van der Waals surface area contributed by atoms with Gasteiger partial charge in [-0.2, -0.15) is 0 Å². The van der Waals surface area contributed by atoms with Gasteiger partial charge >= 0.3 is 0 Å². The summed E-state index contributed by atoms with van der Waals surface area (Å²) in [5.74, 6) is -0.368. The van der Waals surface area contributed by atoms with Crippen molar-refractivity contribution in [3.63, 3.8) is 0 Å². The zero-order valence-electron chi connectivity index (χ0n) is 5.81. The van der Waals surface area contributed by atoms with E-state index in [1.165, 1.54) is 7.11 Å². The van der Waals surface area contributed by atoms with Crippen LogP contribution in [0.1, 0.15) is 10.5 Å². The molecule has 5 nitrogen and oxygen atoms in total. The summed E-state index contributed by atoms with van der Waals surface area (Å²) < 4.78 is 4.60. The first kappa shape index (κ1) is 7.46. The lowest BCUT2D eigenvalue weighted by Crippen LogP contribution is -1.94. The number of nitrogens with zero attached hydrogens (tertiary/aromatic N) is 2. The summed E-state index contributed by atoms with van der Waals surface area (Å²) in [6, 6.07) is 0. The van der Waals surface area contributed by atoms with Gasteiger partial charge in [-0.3, -0.25) is 4.79 Å². The van der Waals surface area contributed by atoms with E-state index in [4.69, 9.17) is 5.11 Å². The number of hydrogen-bond acceptors (Lipinski definition) is 5.